The van der Waals surface area contributed by atoms with Crippen LogP contribution in [0.2, 0.25) is 10.0 Å². The maximum Gasteiger partial charge on any atom is 0.240 e. The molecule has 1 aliphatic heterocycles. The van der Waals surface area contributed by atoms with Gasteiger partial charge in [-0.25, -0.2) is 13.6 Å². The van der Waals surface area contributed by atoms with Gasteiger partial charge in [-0.1, -0.05) is 35.3 Å². The molecule has 0 aromatic heterocycles. The van der Waals surface area contributed by atoms with E-state index in [1.54, 1.807) is 36.4 Å². The lowest BCUT2D eigenvalue weighted by atomic mass is 9.98. The summed E-state index contributed by atoms with van der Waals surface area (Å²) in [5.41, 5.74) is 7.35. The van der Waals surface area contributed by atoms with Gasteiger partial charge in [0.15, 0.2) is 5.75 Å². The first-order chi connectivity index (χ1) is 16.1. The van der Waals surface area contributed by atoms with E-state index < -0.39 is 10.0 Å². The Balaban J connectivity index is 1.61. The van der Waals surface area contributed by atoms with Gasteiger partial charge >= 0.3 is 0 Å². The second kappa shape index (κ2) is 9.16. The van der Waals surface area contributed by atoms with Gasteiger partial charge in [0, 0.05) is 24.6 Å². The quantitative estimate of drug-likeness (QED) is 0.481. The smallest absolute Gasteiger partial charge is 0.240 e. The summed E-state index contributed by atoms with van der Waals surface area (Å²) in [5, 5.41) is 15.1. The van der Waals surface area contributed by atoms with E-state index in [0.717, 1.165) is 5.56 Å². The van der Waals surface area contributed by atoms with Crippen LogP contribution in [0.25, 0.3) is 0 Å². The number of primary sulfonamides is 1. The number of ether oxygens (including phenoxy) is 1. The predicted octanol–water partition coefficient (Wildman–Crippen LogP) is 4.41. The van der Waals surface area contributed by atoms with E-state index in [1.165, 1.54) is 23.1 Å². The molecule has 4 rings (SSSR count). The molecule has 4 N–H and O–H groups in total. The van der Waals surface area contributed by atoms with Crippen molar-refractivity contribution in [3.8, 4) is 17.6 Å². The number of rotatable bonds is 5. The van der Waals surface area contributed by atoms with Crippen molar-refractivity contribution in [1.82, 2.24) is 0 Å². The number of nitrogens with two attached hydrogens (primary N) is 2. The Morgan fingerprint density at radius 2 is 1.85 bits per heavy atom. The van der Waals surface area contributed by atoms with Crippen LogP contribution in [0.15, 0.2) is 59.5 Å². The van der Waals surface area contributed by atoms with Crippen LogP contribution < -0.4 is 20.5 Å². The number of nitriles is 1. The van der Waals surface area contributed by atoms with E-state index >= 15 is 0 Å². The molecule has 0 spiro atoms. The molecular formula is C23H18Cl2N4O4S. The van der Waals surface area contributed by atoms with Crippen LogP contribution in [-0.4, -0.2) is 20.9 Å². The van der Waals surface area contributed by atoms with E-state index in [-0.39, 0.29) is 45.2 Å². The summed E-state index contributed by atoms with van der Waals surface area (Å²) in [5.74, 6) is 0.160. The maximum atomic E-state index is 12.8. The molecule has 0 aliphatic carbocycles. The monoisotopic (exact) mass is 516 g/mol. The molecule has 34 heavy (non-hydrogen) atoms. The highest BCUT2D eigenvalue weighted by atomic mass is 35.5. The van der Waals surface area contributed by atoms with Crippen molar-refractivity contribution >= 4 is 50.5 Å². The Morgan fingerprint density at radius 1 is 1.09 bits per heavy atom. The molecular weight excluding hydrogens is 499 g/mol. The van der Waals surface area contributed by atoms with Crippen molar-refractivity contribution in [2.24, 2.45) is 5.14 Å². The predicted molar refractivity (Wildman–Crippen MR) is 130 cm³/mol. The van der Waals surface area contributed by atoms with Crippen LogP contribution in [0.4, 0.5) is 11.4 Å². The van der Waals surface area contributed by atoms with Gasteiger partial charge in [0.05, 0.1) is 21.3 Å². The highest BCUT2D eigenvalue weighted by Gasteiger charge is 2.32. The lowest BCUT2D eigenvalue weighted by Gasteiger charge is -2.19. The zero-order valence-electron chi connectivity index (χ0n) is 17.5. The summed E-state index contributed by atoms with van der Waals surface area (Å²) in [7, 11) is -3.97. The summed E-state index contributed by atoms with van der Waals surface area (Å²) in [4.78, 5) is 14.1. The molecule has 1 atom stereocenters. The third-order valence-corrected chi connectivity index (χ3v) is 7.06. The first-order valence-corrected chi connectivity index (χ1v) is 12.3. The van der Waals surface area contributed by atoms with Crippen molar-refractivity contribution in [3.63, 3.8) is 0 Å². The third-order valence-electron chi connectivity index (χ3n) is 5.46. The number of carbonyl (C=O) groups excluding carboxylic acids is 1. The van der Waals surface area contributed by atoms with E-state index in [4.69, 9.17) is 38.8 Å². The van der Waals surface area contributed by atoms with E-state index in [2.05, 4.69) is 0 Å². The molecule has 3 aromatic carbocycles. The first-order valence-electron chi connectivity index (χ1n) is 9.97. The van der Waals surface area contributed by atoms with E-state index in [9.17, 15) is 18.5 Å². The first kappa shape index (κ1) is 23.9. The van der Waals surface area contributed by atoms with Crippen molar-refractivity contribution in [1.29, 1.82) is 5.26 Å². The highest BCUT2D eigenvalue weighted by molar-refractivity contribution is 7.89. The molecule has 1 saturated heterocycles. The molecule has 3 aromatic rings. The number of halogens is 2. The van der Waals surface area contributed by atoms with Crippen molar-refractivity contribution in [3.05, 3.63) is 75.8 Å². The lowest BCUT2D eigenvalue weighted by Crippen LogP contribution is -2.24. The number of nitrogen functional groups attached to an aromatic ring is 1. The molecule has 0 saturated carbocycles. The number of benzene rings is 3. The minimum atomic E-state index is -3.97. The van der Waals surface area contributed by atoms with Crippen LogP contribution in [0, 0.1) is 11.3 Å². The van der Waals surface area contributed by atoms with Crippen LogP contribution in [0.5, 0.6) is 11.5 Å². The fraction of sp³-hybridized carbons (Fsp3) is 0.130. The summed E-state index contributed by atoms with van der Waals surface area (Å²) < 4.78 is 29.1. The van der Waals surface area contributed by atoms with Gasteiger partial charge in [0.2, 0.25) is 15.9 Å². The summed E-state index contributed by atoms with van der Waals surface area (Å²) in [6.07, 6.45) is 0.216. The van der Waals surface area contributed by atoms with Gasteiger partial charge in [-0.2, -0.15) is 5.26 Å². The van der Waals surface area contributed by atoms with Crippen molar-refractivity contribution < 1.29 is 17.9 Å². The lowest BCUT2D eigenvalue weighted by molar-refractivity contribution is -0.117. The number of hydrogen-bond acceptors (Lipinski definition) is 6. The van der Waals surface area contributed by atoms with E-state index in [0.29, 0.717) is 23.0 Å². The van der Waals surface area contributed by atoms with E-state index in [1.807, 2.05) is 6.07 Å². The largest absolute Gasteiger partial charge is 0.453 e. The SMILES string of the molecule is N#Cc1cccc(Cl)c1Oc1cc([C@H]2CC(=O)N(c3ccc(S(N)(=O)=O)c(N)c3)C2)ccc1Cl. The van der Waals surface area contributed by atoms with Crippen LogP contribution >= 0.6 is 23.2 Å². The molecule has 0 bridgehead atoms. The molecule has 0 radical (unpaired) electrons. The number of para-hydroxylation sites is 1. The molecule has 1 heterocycles. The van der Waals surface area contributed by atoms with Gasteiger partial charge in [-0.15, -0.1) is 0 Å². The Labute approximate surface area is 206 Å². The van der Waals surface area contributed by atoms with Gasteiger partial charge in [0.1, 0.15) is 16.7 Å². The standard InChI is InChI=1S/C23H18Cl2N4O4S/c24-17-6-4-13(8-20(17)33-23-14(11-26)2-1-3-18(23)25)15-9-22(30)29(12-15)16-5-7-21(19(27)10-16)34(28,31)32/h1-8,10,15H,9,12,27H2,(H2,28,31,32)/t15-/m0/s1. The molecule has 8 nitrogen and oxygen atoms in total. The zero-order chi connectivity index (χ0) is 24.6. The second-order valence-electron chi connectivity index (χ2n) is 7.69. The normalized spacial score (nSPS) is 15.9. The van der Waals surface area contributed by atoms with Crippen molar-refractivity contribution in [2.75, 3.05) is 17.2 Å². The summed E-state index contributed by atoms with van der Waals surface area (Å²) in [6, 6.07) is 16.2. The number of carbonyl (C=O) groups is 1. The average Bonchev–Trinajstić information content (AvgIpc) is 3.17. The van der Waals surface area contributed by atoms with Gasteiger partial charge in [0.25, 0.3) is 0 Å². The van der Waals surface area contributed by atoms with Crippen LogP contribution in [0.1, 0.15) is 23.5 Å². The number of sulfonamides is 1. The molecule has 1 fully saturated rings. The molecule has 174 valence electrons. The van der Waals surface area contributed by atoms with Crippen LogP contribution in [0.3, 0.4) is 0 Å². The molecule has 11 heteroatoms. The third kappa shape index (κ3) is 4.67. The zero-order valence-corrected chi connectivity index (χ0v) is 19.9. The second-order valence-corrected chi connectivity index (χ2v) is 10.0. The average molecular weight is 517 g/mol. The van der Waals surface area contributed by atoms with Crippen LogP contribution in [-0.2, 0) is 14.8 Å². The van der Waals surface area contributed by atoms with Gasteiger partial charge in [-0.05, 0) is 48.0 Å². The summed E-state index contributed by atoms with van der Waals surface area (Å²) >= 11 is 12.5. The number of anilines is 2. The number of nitrogens with zero attached hydrogens (tertiary/aromatic N) is 2. The van der Waals surface area contributed by atoms with Gasteiger partial charge < -0.3 is 15.4 Å². The number of hydrogen-bond donors (Lipinski definition) is 2. The fourth-order valence-corrected chi connectivity index (χ4v) is 4.82. The molecule has 1 aliphatic rings. The Bertz CT molecular complexity index is 1450. The molecule has 1 amide bonds. The summed E-state index contributed by atoms with van der Waals surface area (Å²) in [6.45, 7) is 0.337. The minimum absolute atomic E-state index is 0.0357. The highest BCUT2D eigenvalue weighted by Crippen LogP contribution is 2.40. The Morgan fingerprint density at radius 3 is 2.53 bits per heavy atom. The minimum Gasteiger partial charge on any atom is -0.453 e. The Kier molecular flexibility index (Phi) is 6.43. The van der Waals surface area contributed by atoms with Gasteiger partial charge in [-0.3, -0.25) is 4.79 Å². The molecule has 0 unspecified atom stereocenters. The van der Waals surface area contributed by atoms with Crippen molar-refractivity contribution in [2.45, 2.75) is 17.2 Å². The Hall–Kier alpha value is -3.29. The topological polar surface area (TPSA) is 140 Å². The maximum absolute atomic E-state index is 12.8. The number of amides is 1. The fourth-order valence-electron chi connectivity index (χ4n) is 3.81.